The predicted octanol–water partition coefficient (Wildman–Crippen LogP) is 3.03. The lowest BCUT2D eigenvalue weighted by atomic mass is 10.1. The first-order valence-electron chi connectivity index (χ1n) is 7.04. The third-order valence-electron chi connectivity index (χ3n) is 3.75. The van der Waals surface area contributed by atoms with E-state index in [0.717, 1.165) is 27.8 Å². The topological polar surface area (TPSA) is 68.0 Å². The second kappa shape index (κ2) is 4.77. The zero-order valence-electron chi connectivity index (χ0n) is 12.3. The third-order valence-corrected chi connectivity index (χ3v) is 3.75. The Morgan fingerprint density at radius 1 is 0.955 bits per heavy atom. The van der Waals surface area contributed by atoms with Crippen molar-refractivity contribution in [2.45, 2.75) is 13.8 Å². The molecule has 0 saturated carbocycles. The van der Waals surface area contributed by atoms with Crippen LogP contribution in [0.3, 0.4) is 0 Å². The molecule has 0 aliphatic carbocycles. The SMILES string of the molecule is Cc1cccc(C)c1Nc1nc2ccccc2n2nnnc12. The molecule has 0 saturated heterocycles. The van der Waals surface area contributed by atoms with E-state index in [1.54, 1.807) is 4.52 Å². The minimum atomic E-state index is 0.612. The van der Waals surface area contributed by atoms with Crippen molar-refractivity contribution in [3.8, 4) is 0 Å². The highest BCUT2D eigenvalue weighted by atomic mass is 15.5. The number of benzene rings is 2. The molecule has 6 nitrogen and oxygen atoms in total. The van der Waals surface area contributed by atoms with Crippen LogP contribution in [0, 0.1) is 13.8 Å². The smallest absolute Gasteiger partial charge is 0.222 e. The molecule has 2 aromatic carbocycles. The van der Waals surface area contributed by atoms with E-state index in [9.17, 15) is 0 Å². The van der Waals surface area contributed by atoms with E-state index in [1.165, 1.54) is 0 Å². The van der Waals surface area contributed by atoms with Crippen molar-refractivity contribution in [3.05, 3.63) is 53.6 Å². The maximum Gasteiger partial charge on any atom is 0.222 e. The van der Waals surface area contributed by atoms with E-state index in [1.807, 2.05) is 30.3 Å². The summed E-state index contributed by atoms with van der Waals surface area (Å²) in [6.07, 6.45) is 0. The van der Waals surface area contributed by atoms with Crippen molar-refractivity contribution in [2.24, 2.45) is 0 Å². The average Bonchev–Trinajstić information content (AvgIpc) is 3.01. The van der Waals surface area contributed by atoms with E-state index >= 15 is 0 Å². The van der Waals surface area contributed by atoms with Crippen molar-refractivity contribution >= 4 is 28.2 Å². The van der Waals surface area contributed by atoms with Gasteiger partial charge in [0.1, 0.15) is 0 Å². The first-order valence-corrected chi connectivity index (χ1v) is 7.04. The highest BCUT2D eigenvalue weighted by Gasteiger charge is 2.13. The fourth-order valence-corrected chi connectivity index (χ4v) is 2.62. The fraction of sp³-hybridized carbons (Fsp3) is 0.125. The molecule has 2 heterocycles. The Morgan fingerprint density at radius 2 is 1.73 bits per heavy atom. The maximum absolute atomic E-state index is 4.68. The molecule has 0 radical (unpaired) electrons. The van der Waals surface area contributed by atoms with Crippen molar-refractivity contribution in [3.63, 3.8) is 0 Å². The molecule has 0 amide bonds. The summed E-state index contributed by atoms with van der Waals surface area (Å²) >= 11 is 0. The van der Waals surface area contributed by atoms with Gasteiger partial charge in [-0.2, -0.15) is 4.52 Å². The largest absolute Gasteiger partial charge is 0.337 e. The first-order chi connectivity index (χ1) is 10.7. The Kier molecular flexibility index (Phi) is 2.75. The summed E-state index contributed by atoms with van der Waals surface area (Å²) in [5, 5.41) is 15.3. The highest BCUT2D eigenvalue weighted by Crippen LogP contribution is 2.26. The number of aryl methyl sites for hydroxylation is 2. The first kappa shape index (κ1) is 12.7. The van der Waals surface area contributed by atoms with Crippen LogP contribution in [0.2, 0.25) is 0 Å². The lowest BCUT2D eigenvalue weighted by Gasteiger charge is -2.12. The molecular weight excluding hydrogens is 276 g/mol. The summed E-state index contributed by atoms with van der Waals surface area (Å²) < 4.78 is 1.71. The Balaban J connectivity index is 1.96. The molecule has 1 N–H and O–H groups in total. The highest BCUT2D eigenvalue weighted by molar-refractivity contribution is 5.84. The van der Waals surface area contributed by atoms with Gasteiger partial charge in [0.2, 0.25) is 5.65 Å². The van der Waals surface area contributed by atoms with Gasteiger partial charge in [0.05, 0.1) is 11.0 Å². The van der Waals surface area contributed by atoms with Crippen LogP contribution in [0.4, 0.5) is 11.5 Å². The van der Waals surface area contributed by atoms with Gasteiger partial charge in [-0.25, -0.2) is 4.98 Å². The summed E-state index contributed by atoms with van der Waals surface area (Å²) in [4.78, 5) is 4.68. The minimum absolute atomic E-state index is 0.612. The van der Waals surface area contributed by atoms with Crippen LogP contribution in [-0.4, -0.2) is 25.0 Å². The molecule has 0 aliphatic heterocycles. The summed E-state index contributed by atoms with van der Waals surface area (Å²) in [6, 6.07) is 14.0. The molecule has 0 bridgehead atoms. The van der Waals surface area contributed by atoms with Crippen LogP contribution in [0.5, 0.6) is 0 Å². The number of nitrogens with one attached hydrogen (secondary N) is 1. The molecule has 108 valence electrons. The number of hydrogen-bond acceptors (Lipinski definition) is 5. The van der Waals surface area contributed by atoms with E-state index in [4.69, 9.17) is 0 Å². The zero-order chi connectivity index (χ0) is 15.1. The second-order valence-corrected chi connectivity index (χ2v) is 5.26. The summed E-state index contributed by atoms with van der Waals surface area (Å²) in [7, 11) is 0. The minimum Gasteiger partial charge on any atom is -0.337 e. The van der Waals surface area contributed by atoms with Crippen molar-refractivity contribution in [1.82, 2.24) is 25.0 Å². The molecule has 0 spiro atoms. The van der Waals surface area contributed by atoms with Crippen LogP contribution in [0.1, 0.15) is 11.1 Å². The Hall–Kier alpha value is -3.02. The molecule has 6 heteroatoms. The molecule has 4 aromatic rings. The van der Waals surface area contributed by atoms with Gasteiger partial charge in [0.25, 0.3) is 0 Å². The number of aromatic nitrogens is 5. The Bertz CT molecular complexity index is 968. The van der Waals surface area contributed by atoms with E-state index in [-0.39, 0.29) is 0 Å². The third kappa shape index (κ3) is 1.88. The lowest BCUT2D eigenvalue weighted by Crippen LogP contribution is -2.03. The molecule has 2 aromatic heterocycles. The number of nitrogens with zero attached hydrogens (tertiary/aromatic N) is 5. The molecular formula is C16H14N6. The molecule has 22 heavy (non-hydrogen) atoms. The summed E-state index contributed by atoms with van der Waals surface area (Å²) in [5.74, 6) is 0.654. The van der Waals surface area contributed by atoms with Gasteiger partial charge in [-0.3, -0.25) is 0 Å². The summed E-state index contributed by atoms with van der Waals surface area (Å²) in [5.41, 5.74) is 5.68. The standard InChI is InChI=1S/C16H14N6/c1-10-6-5-7-11(2)14(10)18-15-16-19-20-21-22(16)13-9-4-3-8-12(13)17-15/h3-9H,1-2H3,(H,17,18). The predicted molar refractivity (Wildman–Crippen MR) is 85.3 cm³/mol. The molecule has 0 fully saturated rings. The maximum atomic E-state index is 4.68. The number of hydrogen-bond donors (Lipinski definition) is 1. The van der Waals surface area contributed by atoms with Gasteiger partial charge in [-0.05, 0) is 47.5 Å². The van der Waals surface area contributed by atoms with E-state index < -0.39 is 0 Å². The monoisotopic (exact) mass is 290 g/mol. The fourth-order valence-electron chi connectivity index (χ4n) is 2.62. The summed E-state index contributed by atoms with van der Waals surface area (Å²) in [6.45, 7) is 4.13. The number of para-hydroxylation sites is 3. The zero-order valence-corrected chi connectivity index (χ0v) is 12.3. The number of tetrazole rings is 1. The van der Waals surface area contributed by atoms with Gasteiger partial charge in [0, 0.05) is 5.69 Å². The Labute approximate surface area is 126 Å². The van der Waals surface area contributed by atoms with Crippen molar-refractivity contribution in [1.29, 1.82) is 0 Å². The number of anilines is 2. The quantitative estimate of drug-likeness (QED) is 0.614. The van der Waals surface area contributed by atoms with Gasteiger partial charge in [-0.15, -0.1) is 5.10 Å². The van der Waals surface area contributed by atoms with Gasteiger partial charge < -0.3 is 5.32 Å². The lowest BCUT2D eigenvalue weighted by molar-refractivity contribution is 0.841. The number of rotatable bonds is 2. The van der Waals surface area contributed by atoms with Crippen LogP contribution in [0.25, 0.3) is 16.7 Å². The van der Waals surface area contributed by atoms with Crippen LogP contribution in [-0.2, 0) is 0 Å². The van der Waals surface area contributed by atoms with Crippen molar-refractivity contribution in [2.75, 3.05) is 5.32 Å². The van der Waals surface area contributed by atoms with Crippen LogP contribution in [0.15, 0.2) is 42.5 Å². The second-order valence-electron chi connectivity index (χ2n) is 5.26. The van der Waals surface area contributed by atoms with Crippen molar-refractivity contribution < 1.29 is 0 Å². The number of fused-ring (bicyclic) bond motifs is 3. The molecule has 0 aliphatic rings. The van der Waals surface area contributed by atoms with E-state index in [2.05, 4.69) is 51.8 Å². The van der Waals surface area contributed by atoms with E-state index in [0.29, 0.717) is 11.5 Å². The molecule has 0 atom stereocenters. The molecule has 4 rings (SSSR count). The van der Waals surface area contributed by atoms with Gasteiger partial charge in [0.15, 0.2) is 5.82 Å². The van der Waals surface area contributed by atoms with Crippen LogP contribution >= 0.6 is 0 Å². The average molecular weight is 290 g/mol. The van der Waals surface area contributed by atoms with Crippen LogP contribution < -0.4 is 5.32 Å². The Morgan fingerprint density at radius 3 is 2.55 bits per heavy atom. The van der Waals surface area contributed by atoms with Gasteiger partial charge >= 0.3 is 0 Å². The normalized spacial score (nSPS) is 11.2. The van der Waals surface area contributed by atoms with Gasteiger partial charge in [-0.1, -0.05) is 30.3 Å². The molecule has 0 unspecified atom stereocenters.